The Balaban J connectivity index is 0. The van der Waals surface area contributed by atoms with Gasteiger partial charge in [-0.05, 0) is 19.3 Å². The summed E-state index contributed by atoms with van der Waals surface area (Å²) in [6.45, 7) is 3.80. The van der Waals surface area contributed by atoms with E-state index in [1.807, 2.05) is 0 Å². The summed E-state index contributed by atoms with van der Waals surface area (Å²) in [6.07, 6.45) is 20.0. The Morgan fingerprint density at radius 1 is 0.667 bits per heavy atom. The third kappa shape index (κ3) is 16.4. The van der Waals surface area contributed by atoms with Crippen molar-refractivity contribution in [2.24, 2.45) is 0 Å². The Morgan fingerprint density at radius 3 is 1.22 bits per heavy atom. The zero-order chi connectivity index (χ0) is 19.7. The van der Waals surface area contributed by atoms with Crippen molar-refractivity contribution in [1.29, 1.82) is 0 Å². The van der Waals surface area contributed by atoms with E-state index in [1.54, 1.807) is 6.92 Å². The minimum absolute atomic E-state index is 0. The van der Waals surface area contributed by atoms with Crippen molar-refractivity contribution >= 4 is 10.1 Å². The smallest absolute Gasteiger partial charge is 0.746 e. The fraction of sp³-hybridized carbons (Fsp3) is 1.00. The molecule has 0 aromatic heterocycles. The molecule has 0 aliphatic heterocycles. The molecule has 1 atom stereocenters. The molecule has 0 amide bonds. The van der Waals surface area contributed by atoms with Gasteiger partial charge in [-0.1, -0.05) is 110 Å². The second-order valence-corrected chi connectivity index (χ2v) is 9.48. The van der Waals surface area contributed by atoms with Crippen LogP contribution in [-0.2, 0) is 10.1 Å². The average molecular weight is 415 g/mol. The summed E-state index contributed by atoms with van der Waals surface area (Å²) in [4.78, 5) is -2.07. The summed E-state index contributed by atoms with van der Waals surface area (Å²) >= 11 is 0. The largest absolute Gasteiger partial charge is 1.00 e. The molecule has 4 nitrogen and oxygen atoms in total. The molecule has 0 spiro atoms. The molecular formula is C21H43NaO4S. The molecule has 158 valence electrons. The number of unbranched alkanes of at least 4 members (excludes halogenated alkanes) is 15. The molecule has 0 aliphatic rings. The van der Waals surface area contributed by atoms with E-state index in [2.05, 4.69) is 6.92 Å². The molecule has 6 heteroatoms. The summed E-state index contributed by atoms with van der Waals surface area (Å²) in [5.41, 5.74) is 0. The van der Waals surface area contributed by atoms with Gasteiger partial charge < -0.3 is 9.66 Å². The molecule has 0 fully saturated rings. The average Bonchev–Trinajstić information content (AvgIpc) is 2.60. The summed E-state index contributed by atoms with van der Waals surface area (Å²) in [5, 5.41) is 9.87. The van der Waals surface area contributed by atoms with Gasteiger partial charge in [0.25, 0.3) is 0 Å². The predicted molar refractivity (Wildman–Crippen MR) is 109 cm³/mol. The van der Waals surface area contributed by atoms with Gasteiger partial charge in [-0.25, -0.2) is 8.42 Å². The quantitative estimate of drug-likeness (QED) is 0.200. The molecule has 0 aromatic rings. The van der Waals surface area contributed by atoms with Gasteiger partial charge >= 0.3 is 29.6 Å². The first kappa shape index (κ1) is 30.1. The van der Waals surface area contributed by atoms with Crippen molar-refractivity contribution in [1.82, 2.24) is 0 Å². The van der Waals surface area contributed by atoms with Gasteiger partial charge in [0.1, 0.15) is 10.1 Å². The molecule has 0 bridgehead atoms. The van der Waals surface area contributed by atoms with Crippen LogP contribution in [0.4, 0.5) is 0 Å². The zero-order valence-corrected chi connectivity index (χ0v) is 21.1. The normalized spacial score (nSPS) is 13.9. The van der Waals surface area contributed by atoms with Crippen molar-refractivity contribution in [3.05, 3.63) is 0 Å². The summed E-state index contributed by atoms with van der Waals surface area (Å²) in [5.74, 6) is 0. The van der Waals surface area contributed by atoms with Crippen LogP contribution in [-0.4, -0.2) is 23.0 Å². The van der Waals surface area contributed by atoms with E-state index in [0.717, 1.165) is 19.3 Å². The zero-order valence-electron chi connectivity index (χ0n) is 18.3. The Hall–Kier alpha value is 0.870. The maximum Gasteiger partial charge on any atom is 1.00 e. The van der Waals surface area contributed by atoms with Gasteiger partial charge in [0, 0.05) is 0 Å². The molecule has 27 heavy (non-hydrogen) atoms. The molecule has 0 heterocycles. The van der Waals surface area contributed by atoms with Crippen LogP contribution in [0.25, 0.3) is 0 Å². The third-order valence-electron chi connectivity index (χ3n) is 5.44. The topological polar surface area (TPSA) is 77.4 Å². The first-order chi connectivity index (χ1) is 12.4. The Bertz CT molecular complexity index is 414. The first-order valence-electron chi connectivity index (χ1n) is 11.0. The monoisotopic (exact) mass is 414 g/mol. The fourth-order valence-corrected chi connectivity index (χ4v) is 4.18. The second-order valence-electron chi connectivity index (χ2n) is 7.81. The third-order valence-corrected chi connectivity index (χ3v) is 6.86. The van der Waals surface area contributed by atoms with E-state index < -0.39 is 15.1 Å². The van der Waals surface area contributed by atoms with Gasteiger partial charge in [0.15, 0.2) is 4.93 Å². The van der Waals surface area contributed by atoms with E-state index in [-0.39, 0.29) is 42.4 Å². The van der Waals surface area contributed by atoms with Gasteiger partial charge in [-0.3, -0.25) is 0 Å². The van der Waals surface area contributed by atoms with Crippen LogP contribution in [0.3, 0.4) is 0 Å². The van der Waals surface area contributed by atoms with Crippen LogP contribution in [0.15, 0.2) is 0 Å². The van der Waals surface area contributed by atoms with Crippen molar-refractivity contribution in [2.75, 3.05) is 0 Å². The number of hydrogen-bond acceptors (Lipinski definition) is 4. The SMILES string of the molecule is CCCCCCCCCCCCCCCCCCC(O)(CC)S(=O)(=O)[O-].[Na+]. The standard InChI is InChI=1S/C21H44O4S.Na/c1-3-5-6-7-8-9-10-11-12-13-14-15-16-17-18-19-20-21(22,4-2)26(23,24)25;/h22H,3-20H2,1-2H3,(H,23,24,25);/q;+1/p-1. The number of rotatable bonds is 19. The summed E-state index contributed by atoms with van der Waals surface area (Å²) in [7, 11) is -4.63. The molecule has 0 saturated heterocycles. The van der Waals surface area contributed by atoms with Crippen LogP contribution in [0.5, 0.6) is 0 Å². The molecule has 1 unspecified atom stereocenters. The minimum atomic E-state index is -4.63. The van der Waals surface area contributed by atoms with Crippen LogP contribution >= 0.6 is 0 Å². The van der Waals surface area contributed by atoms with Crippen molar-refractivity contribution in [3.63, 3.8) is 0 Å². The Labute approximate surface area is 191 Å². The van der Waals surface area contributed by atoms with Gasteiger partial charge in [0.05, 0.1) is 0 Å². The van der Waals surface area contributed by atoms with Gasteiger partial charge in [-0.2, -0.15) is 0 Å². The van der Waals surface area contributed by atoms with Gasteiger partial charge in [0.2, 0.25) is 0 Å². The van der Waals surface area contributed by atoms with E-state index in [1.165, 1.54) is 77.0 Å². The van der Waals surface area contributed by atoms with E-state index in [0.29, 0.717) is 6.42 Å². The number of hydrogen-bond donors (Lipinski definition) is 1. The molecule has 0 aromatic carbocycles. The van der Waals surface area contributed by atoms with E-state index >= 15 is 0 Å². The number of aliphatic hydroxyl groups is 1. The minimum Gasteiger partial charge on any atom is -0.746 e. The van der Waals surface area contributed by atoms with Crippen LogP contribution in [0, 0.1) is 0 Å². The molecule has 0 saturated carbocycles. The molecule has 0 aliphatic carbocycles. The molecule has 1 N–H and O–H groups in total. The van der Waals surface area contributed by atoms with Crippen LogP contribution in [0.1, 0.15) is 129 Å². The van der Waals surface area contributed by atoms with Crippen LogP contribution < -0.4 is 29.6 Å². The van der Waals surface area contributed by atoms with Gasteiger partial charge in [-0.15, -0.1) is 0 Å². The second kappa shape index (κ2) is 18.9. The van der Waals surface area contributed by atoms with Crippen molar-refractivity contribution in [3.8, 4) is 0 Å². The fourth-order valence-electron chi connectivity index (χ4n) is 3.43. The summed E-state index contributed by atoms with van der Waals surface area (Å²) in [6, 6.07) is 0. The van der Waals surface area contributed by atoms with E-state index in [9.17, 15) is 18.1 Å². The molecule has 0 rings (SSSR count). The van der Waals surface area contributed by atoms with Crippen molar-refractivity contribution in [2.45, 2.75) is 134 Å². The molecule has 0 radical (unpaired) electrons. The maximum absolute atomic E-state index is 11.1. The molecular weight excluding hydrogens is 371 g/mol. The maximum atomic E-state index is 11.1. The summed E-state index contributed by atoms with van der Waals surface area (Å²) < 4.78 is 33.2. The predicted octanol–water partition coefficient (Wildman–Crippen LogP) is 3.29. The van der Waals surface area contributed by atoms with E-state index in [4.69, 9.17) is 0 Å². The Kier molecular flexibility index (Phi) is 21.0. The van der Waals surface area contributed by atoms with Crippen molar-refractivity contribution < 1.29 is 47.6 Å². The van der Waals surface area contributed by atoms with Crippen LogP contribution in [0.2, 0.25) is 0 Å². The first-order valence-corrected chi connectivity index (χ1v) is 12.5. The Morgan fingerprint density at radius 2 is 0.963 bits per heavy atom.